The standard InChI is InChI=1S/C27H24F3N3O2/c1-17-11-18(2)13-22(12-17)21-6-4-5-20(15-21)16-33-19(3)14-25(32-33)26(34)31-23-7-9-24(10-8-23)35-27(28,29)30/h4-15H,16H2,1-3H3,(H,31,34). The van der Waals surface area contributed by atoms with Gasteiger partial charge < -0.3 is 10.1 Å². The molecule has 0 spiro atoms. The summed E-state index contributed by atoms with van der Waals surface area (Å²) in [5, 5.41) is 7.07. The Hall–Kier alpha value is -4.07. The molecular weight excluding hydrogens is 455 g/mol. The van der Waals surface area contributed by atoms with Gasteiger partial charge in [-0.25, -0.2) is 0 Å². The predicted molar refractivity (Wildman–Crippen MR) is 128 cm³/mol. The Morgan fingerprint density at radius 2 is 1.60 bits per heavy atom. The zero-order chi connectivity index (χ0) is 25.2. The number of aromatic nitrogens is 2. The van der Waals surface area contributed by atoms with Crippen molar-refractivity contribution in [3.63, 3.8) is 0 Å². The largest absolute Gasteiger partial charge is 0.573 e. The van der Waals surface area contributed by atoms with Crippen molar-refractivity contribution in [2.24, 2.45) is 0 Å². The summed E-state index contributed by atoms with van der Waals surface area (Å²) in [6.45, 7) is 6.50. The molecule has 4 rings (SSSR count). The number of carbonyl (C=O) groups is 1. The fourth-order valence-corrected chi connectivity index (χ4v) is 3.88. The first-order valence-electron chi connectivity index (χ1n) is 10.9. The van der Waals surface area contributed by atoms with Gasteiger partial charge in [0, 0.05) is 11.4 Å². The summed E-state index contributed by atoms with van der Waals surface area (Å²) in [5.41, 5.74) is 7.05. The lowest BCUT2D eigenvalue weighted by molar-refractivity contribution is -0.274. The van der Waals surface area contributed by atoms with E-state index < -0.39 is 12.3 Å². The van der Waals surface area contributed by atoms with Crippen LogP contribution in [0.4, 0.5) is 18.9 Å². The van der Waals surface area contributed by atoms with Crippen molar-refractivity contribution in [1.82, 2.24) is 9.78 Å². The Labute approximate surface area is 201 Å². The Kier molecular flexibility index (Phi) is 6.64. The minimum atomic E-state index is -4.77. The quantitative estimate of drug-likeness (QED) is 0.336. The van der Waals surface area contributed by atoms with Crippen molar-refractivity contribution in [3.05, 3.63) is 101 Å². The van der Waals surface area contributed by atoms with E-state index in [4.69, 9.17) is 0 Å². The number of aryl methyl sites for hydroxylation is 3. The van der Waals surface area contributed by atoms with Gasteiger partial charge in [0.2, 0.25) is 0 Å². The lowest BCUT2D eigenvalue weighted by atomic mass is 9.99. The molecule has 8 heteroatoms. The highest BCUT2D eigenvalue weighted by Gasteiger charge is 2.31. The van der Waals surface area contributed by atoms with Gasteiger partial charge in [-0.3, -0.25) is 9.48 Å². The molecular formula is C27H24F3N3O2. The highest BCUT2D eigenvalue weighted by molar-refractivity contribution is 6.02. The molecule has 4 aromatic rings. The van der Waals surface area contributed by atoms with Crippen LogP contribution in [-0.4, -0.2) is 22.1 Å². The molecule has 1 N–H and O–H groups in total. The van der Waals surface area contributed by atoms with E-state index >= 15 is 0 Å². The van der Waals surface area contributed by atoms with Crippen molar-refractivity contribution in [2.75, 3.05) is 5.32 Å². The summed E-state index contributed by atoms with van der Waals surface area (Å²) in [6.07, 6.45) is -4.77. The number of benzene rings is 3. The van der Waals surface area contributed by atoms with Gasteiger partial charge in [-0.15, -0.1) is 13.2 Å². The molecule has 3 aromatic carbocycles. The lowest BCUT2D eigenvalue weighted by Gasteiger charge is -2.10. The van der Waals surface area contributed by atoms with Crippen LogP contribution >= 0.6 is 0 Å². The third-order valence-corrected chi connectivity index (χ3v) is 5.37. The van der Waals surface area contributed by atoms with Crippen LogP contribution in [0.15, 0.2) is 72.8 Å². The number of carbonyl (C=O) groups excluding carboxylic acids is 1. The Morgan fingerprint density at radius 3 is 2.26 bits per heavy atom. The number of hydrogen-bond donors (Lipinski definition) is 1. The van der Waals surface area contributed by atoms with Crippen LogP contribution in [0.25, 0.3) is 11.1 Å². The van der Waals surface area contributed by atoms with Gasteiger partial charge in [0.05, 0.1) is 6.54 Å². The van der Waals surface area contributed by atoms with Gasteiger partial charge in [-0.05, 0) is 73.9 Å². The molecule has 0 aliphatic carbocycles. The average Bonchev–Trinajstić information content (AvgIpc) is 3.14. The van der Waals surface area contributed by atoms with Gasteiger partial charge in [0.15, 0.2) is 5.69 Å². The van der Waals surface area contributed by atoms with Crippen LogP contribution in [0, 0.1) is 20.8 Å². The van der Waals surface area contributed by atoms with Gasteiger partial charge >= 0.3 is 6.36 Å². The summed E-state index contributed by atoms with van der Waals surface area (Å²) < 4.78 is 42.5. The normalized spacial score (nSPS) is 11.4. The van der Waals surface area contributed by atoms with Crippen LogP contribution in [0.2, 0.25) is 0 Å². The molecule has 5 nitrogen and oxygen atoms in total. The van der Waals surface area contributed by atoms with Crippen LogP contribution < -0.4 is 10.1 Å². The third kappa shape index (κ3) is 6.29. The first-order valence-corrected chi connectivity index (χ1v) is 10.9. The summed E-state index contributed by atoms with van der Waals surface area (Å²) in [7, 11) is 0. The maximum Gasteiger partial charge on any atom is 0.573 e. The number of anilines is 1. The molecule has 0 radical (unpaired) electrons. The SMILES string of the molecule is Cc1cc(C)cc(-c2cccc(Cn3nc(C(=O)Nc4ccc(OC(F)(F)F)cc4)cc3C)c2)c1. The second-order valence-electron chi connectivity index (χ2n) is 8.43. The Morgan fingerprint density at radius 1 is 0.914 bits per heavy atom. The molecule has 0 saturated carbocycles. The van der Waals surface area contributed by atoms with Crippen molar-refractivity contribution in [3.8, 4) is 16.9 Å². The first kappa shape index (κ1) is 24.1. The van der Waals surface area contributed by atoms with Crippen molar-refractivity contribution in [1.29, 1.82) is 0 Å². The van der Waals surface area contributed by atoms with Gasteiger partial charge in [0.1, 0.15) is 5.75 Å². The molecule has 0 aliphatic rings. The third-order valence-electron chi connectivity index (χ3n) is 5.37. The van der Waals surface area contributed by atoms with Crippen molar-refractivity contribution < 1.29 is 22.7 Å². The summed E-state index contributed by atoms with van der Waals surface area (Å²) in [4.78, 5) is 12.7. The molecule has 0 atom stereocenters. The van der Waals surface area contributed by atoms with E-state index in [9.17, 15) is 18.0 Å². The molecule has 35 heavy (non-hydrogen) atoms. The van der Waals surface area contributed by atoms with Crippen LogP contribution in [-0.2, 0) is 6.54 Å². The number of amides is 1. The topological polar surface area (TPSA) is 56.2 Å². The summed E-state index contributed by atoms with van der Waals surface area (Å²) in [6, 6.07) is 21.2. The number of ether oxygens (including phenoxy) is 1. The number of nitrogens with one attached hydrogen (secondary N) is 1. The van der Waals surface area contributed by atoms with Crippen LogP contribution in [0.3, 0.4) is 0 Å². The molecule has 1 heterocycles. The molecule has 0 aliphatic heterocycles. The van der Waals surface area contributed by atoms with E-state index in [1.165, 1.54) is 23.3 Å². The number of halogens is 3. The number of hydrogen-bond acceptors (Lipinski definition) is 3. The molecule has 180 valence electrons. The second-order valence-corrected chi connectivity index (χ2v) is 8.43. The van der Waals surface area contributed by atoms with Crippen molar-refractivity contribution >= 4 is 11.6 Å². The highest BCUT2D eigenvalue weighted by Crippen LogP contribution is 2.25. The minimum Gasteiger partial charge on any atom is -0.406 e. The monoisotopic (exact) mass is 479 g/mol. The van der Waals surface area contributed by atoms with E-state index in [1.54, 1.807) is 10.7 Å². The molecule has 0 bridgehead atoms. The first-order chi connectivity index (χ1) is 16.6. The number of rotatable bonds is 6. The fourth-order valence-electron chi connectivity index (χ4n) is 3.88. The highest BCUT2D eigenvalue weighted by atomic mass is 19.4. The lowest BCUT2D eigenvalue weighted by Crippen LogP contribution is -2.17. The Bertz CT molecular complexity index is 1340. The molecule has 1 amide bonds. The number of nitrogens with zero attached hydrogens (tertiary/aromatic N) is 2. The van der Waals surface area contributed by atoms with Gasteiger partial charge in [0.25, 0.3) is 5.91 Å². The molecule has 0 fully saturated rings. The summed E-state index contributed by atoms with van der Waals surface area (Å²) in [5.74, 6) is -0.820. The molecule has 1 aromatic heterocycles. The van der Waals surface area contributed by atoms with Crippen molar-refractivity contribution in [2.45, 2.75) is 33.7 Å². The number of alkyl halides is 3. The minimum absolute atomic E-state index is 0.212. The Balaban J connectivity index is 1.46. The zero-order valence-electron chi connectivity index (χ0n) is 19.5. The second kappa shape index (κ2) is 9.66. The average molecular weight is 480 g/mol. The van der Waals surface area contributed by atoms with E-state index in [-0.39, 0.29) is 11.4 Å². The smallest absolute Gasteiger partial charge is 0.406 e. The predicted octanol–water partition coefficient (Wildman–Crippen LogP) is 6.67. The fraction of sp³-hybridized carbons (Fsp3) is 0.185. The van der Waals surface area contributed by atoms with Gasteiger partial charge in [-0.2, -0.15) is 5.10 Å². The van der Waals surface area contributed by atoms with E-state index in [0.717, 1.165) is 34.5 Å². The van der Waals surface area contributed by atoms with Crippen LogP contribution in [0.1, 0.15) is 32.9 Å². The zero-order valence-corrected chi connectivity index (χ0v) is 19.5. The summed E-state index contributed by atoms with van der Waals surface area (Å²) >= 11 is 0. The van der Waals surface area contributed by atoms with E-state index in [0.29, 0.717) is 12.2 Å². The van der Waals surface area contributed by atoms with Crippen LogP contribution in [0.5, 0.6) is 5.75 Å². The van der Waals surface area contributed by atoms with E-state index in [1.807, 2.05) is 19.1 Å². The van der Waals surface area contributed by atoms with E-state index in [2.05, 4.69) is 59.3 Å². The molecule has 0 unspecified atom stereocenters. The maximum atomic E-state index is 12.7. The maximum absolute atomic E-state index is 12.7. The van der Waals surface area contributed by atoms with Gasteiger partial charge in [-0.1, -0.05) is 47.5 Å². The molecule has 0 saturated heterocycles.